The molecule has 2 heterocycles. The van der Waals surface area contributed by atoms with Crippen LogP contribution in [0.3, 0.4) is 0 Å². The minimum atomic E-state index is -1.50. The Hall–Kier alpha value is -4.47. The summed E-state index contributed by atoms with van der Waals surface area (Å²) in [4.78, 5) is 73.4. The highest BCUT2D eigenvalue weighted by Gasteiger charge is 2.77. The monoisotopic (exact) mass is 586 g/mol. The molecule has 1 saturated carbocycles. The first-order chi connectivity index (χ1) is 20.6. The molecule has 224 valence electrons. The van der Waals surface area contributed by atoms with Gasteiger partial charge in [0.05, 0.1) is 54.9 Å². The molecule has 4 unspecified atom stereocenters. The van der Waals surface area contributed by atoms with E-state index in [1.54, 1.807) is 83.1 Å². The van der Waals surface area contributed by atoms with E-state index in [4.69, 9.17) is 14.2 Å². The van der Waals surface area contributed by atoms with Crippen molar-refractivity contribution in [3.8, 4) is 11.5 Å². The van der Waals surface area contributed by atoms with Crippen molar-refractivity contribution in [2.75, 3.05) is 29.6 Å². The fourth-order valence-electron chi connectivity index (χ4n) is 8.12. The Labute approximate surface area is 249 Å². The molecule has 2 aromatic rings. The quantitative estimate of drug-likeness (QED) is 0.337. The molecule has 2 aromatic carbocycles. The number of para-hydroxylation sites is 4. The lowest BCUT2D eigenvalue weighted by atomic mass is 9.43. The molecule has 4 atom stereocenters. The fraction of sp³-hybridized carbons (Fsp3) is 0.424. The smallest absolute Gasteiger partial charge is 0.334 e. The van der Waals surface area contributed by atoms with Crippen LogP contribution in [0.15, 0.2) is 59.7 Å². The second-order valence-electron chi connectivity index (χ2n) is 11.4. The average molecular weight is 587 g/mol. The van der Waals surface area contributed by atoms with Crippen LogP contribution in [-0.4, -0.2) is 49.4 Å². The number of carbonyl (C=O) groups excluding carboxylic acids is 5. The Morgan fingerprint density at radius 1 is 0.698 bits per heavy atom. The van der Waals surface area contributed by atoms with Gasteiger partial charge in [-0.1, -0.05) is 36.8 Å². The van der Waals surface area contributed by atoms with Crippen LogP contribution in [-0.2, 0) is 28.7 Å². The largest absolute Gasteiger partial charge is 0.492 e. The third-order valence-electron chi connectivity index (χ3n) is 9.49. The van der Waals surface area contributed by atoms with E-state index in [9.17, 15) is 24.0 Å². The van der Waals surface area contributed by atoms with Gasteiger partial charge in [-0.2, -0.15) is 0 Å². The molecular formula is C33H34N2O8. The van der Waals surface area contributed by atoms with Crippen molar-refractivity contribution in [1.82, 2.24) is 0 Å². The van der Waals surface area contributed by atoms with Crippen LogP contribution in [0.2, 0.25) is 0 Å². The summed E-state index contributed by atoms with van der Waals surface area (Å²) >= 11 is 0. The van der Waals surface area contributed by atoms with Crippen LogP contribution < -0.4 is 19.3 Å². The molecule has 10 nitrogen and oxygen atoms in total. The van der Waals surface area contributed by atoms with Crippen molar-refractivity contribution in [1.29, 1.82) is 0 Å². The maximum atomic E-state index is 14.4. The number of imide groups is 2. The Morgan fingerprint density at radius 2 is 1.14 bits per heavy atom. The van der Waals surface area contributed by atoms with Crippen molar-refractivity contribution in [2.24, 2.45) is 35.0 Å². The molecule has 5 aliphatic rings. The summed E-state index contributed by atoms with van der Waals surface area (Å²) in [5, 5.41) is 0. The van der Waals surface area contributed by atoms with Crippen molar-refractivity contribution in [3.63, 3.8) is 0 Å². The lowest BCUT2D eigenvalue weighted by molar-refractivity contribution is -0.155. The van der Waals surface area contributed by atoms with Crippen LogP contribution in [0.25, 0.3) is 0 Å². The van der Waals surface area contributed by atoms with Gasteiger partial charge in [-0.05, 0) is 52.0 Å². The number of anilines is 2. The van der Waals surface area contributed by atoms with Crippen LogP contribution in [0.4, 0.5) is 11.4 Å². The Bertz CT molecular complexity index is 1500. The maximum absolute atomic E-state index is 14.4. The molecule has 2 saturated heterocycles. The van der Waals surface area contributed by atoms with Crippen LogP contribution >= 0.6 is 0 Å². The summed E-state index contributed by atoms with van der Waals surface area (Å²) in [6.07, 6.45) is 0. The minimum absolute atomic E-state index is 0.0834. The fourth-order valence-corrected chi connectivity index (χ4v) is 8.12. The van der Waals surface area contributed by atoms with Gasteiger partial charge in [0.25, 0.3) is 0 Å². The third kappa shape index (κ3) is 3.74. The highest BCUT2D eigenvalue weighted by atomic mass is 16.5. The molecule has 4 amide bonds. The Kier molecular flexibility index (Phi) is 6.90. The van der Waals surface area contributed by atoms with Crippen molar-refractivity contribution >= 4 is 41.0 Å². The number of esters is 1. The number of ether oxygens (including phenoxy) is 3. The van der Waals surface area contributed by atoms with E-state index in [1.807, 2.05) is 0 Å². The zero-order chi connectivity index (χ0) is 30.8. The number of nitrogens with zero attached hydrogens (tertiary/aromatic N) is 2. The SMILES string of the molecule is CCOC(=O)C1=C(C)C2C3C(=O)N(c4ccccc4OCC)C(=O)C3C1(C)C1C(=O)N(c3ccccc3OCC)C(=O)C21. The van der Waals surface area contributed by atoms with Gasteiger partial charge < -0.3 is 14.2 Å². The lowest BCUT2D eigenvalue weighted by Crippen LogP contribution is -2.61. The second kappa shape index (κ2) is 10.4. The van der Waals surface area contributed by atoms with Crippen molar-refractivity contribution < 1.29 is 38.2 Å². The van der Waals surface area contributed by atoms with Crippen LogP contribution in [0.1, 0.15) is 34.6 Å². The zero-order valence-corrected chi connectivity index (χ0v) is 24.8. The van der Waals surface area contributed by atoms with Crippen LogP contribution in [0.5, 0.6) is 11.5 Å². The summed E-state index contributed by atoms with van der Waals surface area (Å²) in [6.45, 7) is 9.39. The molecule has 0 radical (unpaired) electrons. The standard InChI is InChI=1S/C33H34N2O8/c1-6-41-20-15-11-9-13-18(20)34-28(36)23-22-17(4)25(32(40)43-8-3)33(5,26(23)30(34)38)27-24(22)29(37)35(31(27)39)19-14-10-12-16-21(19)42-7-2/h9-16,22-24,26-27H,6-8H2,1-5H3. The van der Waals surface area contributed by atoms with E-state index in [2.05, 4.69) is 0 Å². The van der Waals surface area contributed by atoms with Gasteiger partial charge in [-0.3, -0.25) is 19.2 Å². The molecule has 3 fully saturated rings. The first-order valence-corrected chi connectivity index (χ1v) is 14.7. The predicted molar refractivity (Wildman–Crippen MR) is 155 cm³/mol. The zero-order valence-electron chi connectivity index (χ0n) is 24.8. The normalized spacial score (nSPS) is 29.3. The number of hydrogen-bond acceptors (Lipinski definition) is 8. The predicted octanol–water partition coefficient (Wildman–Crippen LogP) is 3.92. The summed E-state index contributed by atoms with van der Waals surface area (Å²) in [7, 11) is 0. The van der Waals surface area contributed by atoms with Gasteiger partial charge in [-0.25, -0.2) is 14.6 Å². The highest BCUT2D eigenvalue weighted by molar-refractivity contribution is 6.28. The lowest BCUT2D eigenvalue weighted by Gasteiger charge is -2.55. The Balaban J connectivity index is 1.54. The molecule has 2 aliphatic heterocycles. The molecule has 10 heteroatoms. The summed E-state index contributed by atoms with van der Waals surface area (Å²) in [5.41, 5.74) is -0.205. The summed E-state index contributed by atoms with van der Waals surface area (Å²) in [5.74, 6) is -6.84. The molecule has 3 aliphatic carbocycles. The highest BCUT2D eigenvalue weighted by Crippen LogP contribution is 2.69. The van der Waals surface area contributed by atoms with E-state index < -0.39 is 64.6 Å². The van der Waals surface area contributed by atoms with E-state index in [0.717, 1.165) is 9.80 Å². The summed E-state index contributed by atoms with van der Waals surface area (Å²) in [6, 6.07) is 13.6. The number of amides is 4. The molecule has 0 aromatic heterocycles. The number of allylic oxidation sites excluding steroid dienone is 1. The molecular weight excluding hydrogens is 552 g/mol. The first kappa shape index (κ1) is 28.6. The minimum Gasteiger partial charge on any atom is -0.492 e. The summed E-state index contributed by atoms with van der Waals surface area (Å²) < 4.78 is 17.0. The van der Waals surface area contributed by atoms with E-state index in [0.29, 0.717) is 41.7 Å². The molecule has 43 heavy (non-hydrogen) atoms. The van der Waals surface area contributed by atoms with Crippen molar-refractivity contribution in [2.45, 2.75) is 34.6 Å². The molecule has 0 spiro atoms. The maximum Gasteiger partial charge on any atom is 0.334 e. The van der Waals surface area contributed by atoms with E-state index >= 15 is 0 Å². The topological polar surface area (TPSA) is 120 Å². The van der Waals surface area contributed by atoms with Gasteiger partial charge in [-0.15, -0.1) is 0 Å². The molecule has 7 rings (SSSR count). The number of carbonyl (C=O) groups is 5. The van der Waals surface area contributed by atoms with Gasteiger partial charge in [0, 0.05) is 16.9 Å². The van der Waals surface area contributed by atoms with E-state index in [1.165, 1.54) is 0 Å². The number of rotatable bonds is 8. The third-order valence-corrected chi connectivity index (χ3v) is 9.49. The van der Waals surface area contributed by atoms with Crippen LogP contribution in [0, 0.1) is 35.0 Å². The van der Waals surface area contributed by atoms with E-state index in [-0.39, 0.29) is 12.2 Å². The first-order valence-electron chi connectivity index (χ1n) is 14.7. The number of hydrogen-bond donors (Lipinski definition) is 0. The van der Waals surface area contributed by atoms with Gasteiger partial charge >= 0.3 is 5.97 Å². The Morgan fingerprint density at radius 3 is 1.56 bits per heavy atom. The average Bonchev–Trinajstić information content (AvgIpc) is 3.40. The molecule has 2 bridgehead atoms. The van der Waals surface area contributed by atoms with Gasteiger partial charge in [0.15, 0.2) is 0 Å². The van der Waals surface area contributed by atoms with Crippen molar-refractivity contribution in [3.05, 3.63) is 59.7 Å². The van der Waals surface area contributed by atoms with Gasteiger partial charge in [0.1, 0.15) is 11.5 Å². The van der Waals surface area contributed by atoms with Gasteiger partial charge in [0.2, 0.25) is 23.6 Å². The molecule has 0 N–H and O–H groups in total. The number of benzene rings is 2. The second-order valence-corrected chi connectivity index (χ2v) is 11.4.